The average molecular weight is 310 g/mol. The second kappa shape index (κ2) is 6.36. The van der Waals surface area contributed by atoms with Gasteiger partial charge in [-0.3, -0.25) is 0 Å². The maximum absolute atomic E-state index is 11.7. The highest BCUT2D eigenvalue weighted by Crippen LogP contribution is 2.38. The smallest absolute Gasteiger partial charge is 0.407 e. The molecule has 0 aromatic heterocycles. The van der Waals surface area contributed by atoms with E-state index in [9.17, 15) is 4.79 Å². The summed E-state index contributed by atoms with van der Waals surface area (Å²) in [5, 5.41) is 6.70. The third-order valence-electron chi connectivity index (χ3n) is 4.79. The molecule has 3 aliphatic rings. The fraction of sp³-hybridized carbons (Fsp3) is 0.941. The van der Waals surface area contributed by atoms with Crippen molar-refractivity contribution in [3.05, 3.63) is 0 Å². The number of ether oxygens (including phenoxy) is 2. The number of amides is 1. The predicted molar refractivity (Wildman–Crippen MR) is 84.8 cm³/mol. The molecule has 3 rings (SSSR count). The van der Waals surface area contributed by atoms with Crippen LogP contribution in [-0.4, -0.2) is 42.5 Å². The summed E-state index contributed by atoms with van der Waals surface area (Å²) in [7, 11) is 0. The largest absolute Gasteiger partial charge is 0.444 e. The van der Waals surface area contributed by atoms with Gasteiger partial charge < -0.3 is 20.1 Å². The molecule has 0 radical (unpaired) electrons. The molecule has 0 spiro atoms. The summed E-state index contributed by atoms with van der Waals surface area (Å²) in [5.74, 6) is 0.826. The van der Waals surface area contributed by atoms with Crippen LogP contribution in [0.25, 0.3) is 0 Å². The van der Waals surface area contributed by atoms with Gasteiger partial charge in [0.15, 0.2) is 0 Å². The van der Waals surface area contributed by atoms with E-state index in [1.807, 2.05) is 20.8 Å². The summed E-state index contributed by atoms with van der Waals surface area (Å²) in [6.07, 6.45) is 7.17. The highest BCUT2D eigenvalue weighted by atomic mass is 16.6. The minimum absolute atomic E-state index is 0.256. The molecule has 2 N–H and O–H groups in total. The first kappa shape index (κ1) is 16.1. The van der Waals surface area contributed by atoms with E-state index in [1.54, 1.807) is 0 Å². The van der Waals surface area contributed by atoms with Gasteiger partial charge in [0.05, 0.1) is 6.10 Å². The standard InChI is InChI=1S/C17H30N2O3/c1-17(2,3)22-16(20)19-14-8-13(9-14)18-12-6-7-21-15(10-12)11-4-5-11/h11-15,18H,4-10H2,1-3H3,(H,19,20)/t12-,13?,14?,15-/m1/s1. The van der Waals surface area contributed by atoms with E-state index in [-0.39, 0.29) is 12.1 Å². The third-order valence-corrected chi connectivity index (χ3v) is 4.79. The maximum atomic E-state index is 11.7. The Kier molecular flexibility index (Phi) is 4.64. The highest BCUT2D eigenvalue weighted by Gasteiger charge is 2.38. The van der Waals surface area contributed by atoms with Gasteiger partial charge in [-0.1, -0.05) is 0 Å². The molecule has 0 unspecified atom stereocenters. The van der Waals surface area contributed by atoms with Gasteiger partial charge in [-0.15, -0.1) is 0 Å². The van der Waals surface area contributed by atoms with Gasteiger partial charge in [-0.05, 0) is 65.2 Å². The average Bonchev–Trinajstić information content (AvgIpc) is 3.18. The Morgan fingerprint density at radius 3 is 2.41 bits per heavy atom. The third kappa shape index (κ3) is 4.59. The lowest BCUT2D eigenvalue weighted by molar-refractivity contribution is -0.0154. The van der Waals surface area contributed by atoms with E-state index in [0.29, 0.717) is 18.2 Å². The molecule has 5 nitrogen and oxygen atoms in total. The number of carbonyl (C=O) groups is 1. The number of hydrogen-bond donors (Lipinski definition) is 2. The zero-order chi connectivity index (χ0) is 15.7. The summed E-state index contributed by atoms with van der Waals surface area (Å²) < 4.78 is 11.2. The van der Waals surface area contributed by atoms with Crippen molar-refractivity contribution in [1.29, 1.82) is 0 Å². The summed E-state index contributed by atoms with van der Waals surface area (Å²) >= 11 is 0. The summed E-state index contributed by atoms with van der Waals surface area (Å²) in [5.41, 5.74) is -0.425. The molecule has 2 atom stereocenters. The fourth-order valence-electron chi connectivity index (χ4n) is 3.46. The Labute approximate surface area is 133 Å². The van der Waals surface area contributed by atoms with Crippen LogP contribution in [0.4, 0.5) is 4.79 Å². The van der Waals surface area contributed by atoms with Crippen molar-refractivity contribution in [3.63, 3.8) is 0 Å². The van der Waals surface area contributed by atoms with Crippen LogP contribution in [0.15, 0.2) is 0 Å². The van der Waals surface area contributed by atoms with Gasteiger partial charge in [-0.2, -0.15) is 0 Å². The van der Waals surface area contributed by atoms with Crippen LogP contribution < -0.4 is 10.6 Å². The first-order valence-corrected chi connectivity index (χ1v) is 8.76. The minimum Gasteiger partial charge on any atom is -0.444 e. The number of hydrogen-bond acceptors (Lipinski definition) is 4. The quantitative estimate of drug-likeness (QED) is 0.838. The molecule has 1 amide bonds. The van der Waals surface area contributed by atoms with Crippen molar-refractivity contribution >= 4 is 6.09 Å². The molecule has 126 valence electrons. The molecule has 1 saturated heterocycles. The number of rotatable bonds is 4. The fourth-order valence-corrected chi connectivity index (χ4v) is 3.46. The number of carbonyl (C=O) groups excluding carboxylic acids is 1. The second-order valence-electron chi connectivity index (χ2n) is 8.15. The highest BCUT2D eigenvalue weighted by molar-refractivity contribution is 5.68. The molecule has 1 heterocycles. The van der Waals surface area contributed by atoms with Crippen molar-refractivity contribution < 1.29 is 14.3 Å². The van der Waals surface area contributed by atoms with Gasteiger partial charge >= 0.3 is 6.09 Å². The van der Waals surface area contributed by atoms with Crippen LogP contribution in [0.5, 0.6) is 0 Å². The molecule has 2 aliphatic carbocycles. The first-order valence-electron chi connectivity index (χ1n) is 8.76. The lowest BCUT2D eigenvalue weighted by Crippen LogP contribution is -2.56. The van der Waals surface area contributed by atoms with Gasteiger partial charge in [-0.25, -0.2) is 4.79 Å². The van der Waals surface area contributed by atoms with Crippen molar-refractivity contribution in [2.75, 3.05) is 6.61 Å². The zero-order valence-electron chi connectivity index (χ0n) is 14.1. The normalized spacial score (nSPS) is 35.6. The van der Waals surface area contributed by atoms with Crippen molar-refractivity contribution in [3.8, 4) is 0 Å². The maximum Gasteiger partial charge on any atom is 0.407 e. The van der Waals surface area contributed by atoms with E-state index < -0.39 is 5.60 Å². The van der Waals surface area contributed by atoms with E-state index in [0.717, 1.165) is 38.2 Å². The van der Waals surface area contributed by atoms with E-state index in [2.05, 4.69) is 10.6 Å². The molecule has 22 heavy (non-hydrogen) atoms. The lowest BCUT2D eigenvalue weighted by atomic mass is 9.85. The van der Waals surface area contributed by atoms with Crippen LogP contribution in [0, 0.1) is 5.92 Å². The molecular formula is C17H30N2O3. The second-order valence-corrected chi connectivity index (χ2v) is 8.15. The molecule has 2 saturated carbocycles. The Morgan fingerprint density at radius 1 is 1.05 bits per heavy atom. The Morgan fingerprint density at radius 2 is 1.77 bits per heavy atom. The number of alkyl carbamates (subject to hydrolysis) is 1. The molecule has 0 aromatic carbocycles. The number of nitrogens with one attached hydrogen (secondary N) is 2. The van der Waals surface area contributed by atoms with E-state index in [1.165, 1.54) is 12.8 Å². The van der Waals surface area contributed by atoms with Crippen molar-refractivity contribution in [2.24, 2.45) is 5.92 Å². The van der Waals surface area contributed by atoms with Gasteiger partial charge in [0.25, 0.3) is 0 Å². The predicted octanol–water partition coefficient (Wildman–Crippen LogP) is 2.59. The molecule has 0 aromatic rings. The summed E-state index contributed by atoms with van der Waals surface area (Å²) in [6.45, 7) is 6.56. The summed E-state index contributed by atoms with van der Waals surface area (Å²) in [4.78, 5) is 11.7. The van der Waals surface area contributed by atoms with Crippen molar-refractivity contribution in [2.45, 2.75) is 89.1 Å². The monoisotopic (exact) mass is 310 g/mol. The van der Waals surface area contributed by atoms with Crippen LogP contribution in [0.3, 0.4) is 0 Å². The van der Waals surface area contributed by atoms with Gasteiger partial charge in [0, 0.05) is 24.7 Å². The Bertz CT molecular complexity index is 397. The molecule has 5 heteroatoms. The SMILES string of the molecule is CC(C)(C)OC(=O)NC1CC(N[C@@H]2CCO[C@@H](C3CC3)C2)C1. The van der Waals surface area contributed by atoms with Crippen LogP contribution in [-0.2, 0) is 9.47 Å². The Hall–Kier alpha value is -0.810. The van der Waals surface area contributed by atoms with Gasteiger partial charge in [0.1, 0.15) is 5.60 Å². The summed E-state index contributed by atoms with van der Waals surface area (Å²) in [6, 6.07) is 1.38. The van der Waals surface area contributed by atoms with E-state index in [4.69, 9.17) is 9.47 Å². The molecule has 1 aliphatic heterocycles. The van der Waals surface area contributed by atoms with Crippen LogP contribution >= 0.6 is 0 Å². The molecular weight excluding hydrogens is 280 g/mol. The topological polar surface area (TPSA) is 59.6 Å². The van der Waals surface area contributed by atoms with Crippen molar-refractivity contribution in [1.82, 2.24) is 10.6 Å². The Balaban J connectivity index is 1.32. The molecule has 3 fully saturated rings. The minimum atomic E-state index is -0.425. The van der Waals surface area contributed by atoms with Crippen LogP contribution in [0.2, 0.25) is 0 Å². The van der Waals surface area contributed by atoms with Crippen LogP contribution in [0.1, 0.15) is 59.3 Å². The lowest BCUT2D eigenvalue weighted by Gasteiger charge is -2.41. The first-order chi connectivity index (χ1) is 10.4. The zero-order valence-corrected chi connectivity index (χ0v) is 14.1. The molecule has 0 bridgehead atoms. The van der Waals surface area contributed by atoms with Gasteiger partial charge in [0.2, 0.25) is 0 Å². The van der Waals surface area contributed by atoms with E-state index >= 15 is 0 Å².